The molecule has 0 saturated carbocycles. The van der Waals surface area contributed by atoms with E-state index in [9.17, 15) is 9.59 Å². The summed E-state index contributed by atoms with van der Waals surface area (Å²) < 4.78 is 10.2. The molecule has 0 atom stereocenters. The minimum absolute atomic E-state index is 0.185. The van der Waals surface area contributed by atoms with Crippen LogP contribution in [0, 0.1) is 0 Å². The summed E-state index contributed by atoms with van der Waals surface area (Å²) in [5.74, 6) is 0.916. The summed E-state index contributed by atoms with van der Waals surface area (Å²) in [5, 5.41) is 3.64. The average Bonchev–Trinajstić information content (AvgIpc) is 2.69. The highest BCUT2D eigenvalue weighted by molar-refractivity contribution is 5.78. The lowest BCUT2D eigenvalue weighted by molar-refractivity contribution is -0.140. The number of methoxy groups -OCH3 is 1. The van der Waals surface area contributed by atoms with E-state index in [0.29, 0.717) is 29.9 Å². The number of unbranched alkanes of at least 4 members (excludes halogenated alkanes) is 1. The maximum Gasteiger partial charge on any atom is 0.305 e. The highest BCUT2D eigenvalue weighted by atomic mass is 16.5. The Labute approximate surface area is 156 Å². The maximum absolute atomic E-state index is 12.1. The highest BCUT2D eigenvalue weighted by Gasteiger charge is 2.04. The lowest BCUT2D eigenvalue weighted by Crippen LogP contribution is -2.11. The number of fused-ring (bicyclic) bond motifs is 1. The number of benzene rings is 2. The van der Waals surface area contributed by atoms with Crippen LogP contribution in [0.2, 0.25) is 0 Å². The smallest absolute Gasteiger partial charge is 0.305 e. The van der Waals surface area contributed by atoms with E-state index in [4.69, 9.17) is 4.74 Å². The Hall–Kier alpha value is -3.35. The normalized spacial score (nSPS) is 10.6. The number of carbonyl (C=O) groups is 1. The molecular weight excluding hydrogens is 346 g/mol. The van der Waals surface area contributed by atoms with Gasteiger partial charge in [-0.3, -0.25) is 14.6 Å². The van der Waals surface area contributed by atoms with Crippen molar-refractivity contribution >= 4 is 28.5 Å². The Kier molecular flexibility index (Phi) is 6.04. The van der Waals surface area contributed by atoms with Gasteiger partial charge in [0.2, 0.25) is 5.95 Å². The van der Waals surface area contributed by atoms with Crippen molar-refractivity contribution in [2.75, 3.05) is 19.0 Å². The molecule has 0 spiro atoms. The SMILES string of the molecule is COC(=O)CCCCOc1ccc(Nc2nc3ccccc3c(=O)[nH]2)cc1. The number of hydrogen-bond donors (Lipinski definition) is 2. The second kappa shape index (κ2) is 8.84. The summed E-state index contributed by atoms with van der Waals surface area (Å²) >= 11 is 0. The third kappa shape index (κ3) is 5.07. The lowest BCUT2D eigenvalue weighted by Gasteiger charge is -2.09. The monoisotopic (exact) mass is 367 g/mol. The standard InChI is InChI=1S/C20H21N3O4/c1-26-18(24)8-4-5-13-27-15-11-9-14(10-12-15)21-20-22-17-7-3-2-6-16(17)19(25)23-20/h2-3,6-7,9-12H,4-5,8,13H2,1H3,(H2,21,22,23,25). The van der Waals surface area contributed by atoms with Crippen LogP contribution in [0.4, 0.5) is 11.6 Å². The number of H-pyrrole nitrogens is 1. The van der Waals surface area contributed by atoms with Crippen molar-refractivity contribution in [2.24, 2.45) is 0 Å². The number of carbonyl (C=O) groups excluding carboxylic acids is 1. The number of aromatic amines is 1. The van der Waals surface area contributed by atoms with Crippen molar-refractivity contribution in [3.05, 3.63) is 58.9 Å². The van der Waals surface area contributed by atoms with Crippen molar-refractivity contribution in [1.82, 2.24) is 9.97 Å². The van der Waals surface area contributed by atoms with Crippen LogP contribution in [-0.2, 0) is 9.53 Å². The molecule has 2 N–H and O–H groups in total. The largest absolute Gasteiger partial charge is 0.494 e. The number of aromatic nitrogens is 2. The van der Waals surface area contributed by atoms with E-state index < -0.39 is 0 Å². The van der Waals surface area contributed by atoms with Crippen molar-refractivity contribution in [3.63, 3.8) is 0 Å². The van der Waals surface area contributed by atoms with Crippen LogP contribution in [0.1, 0.15) is 19.3 Å². The van der Waals surface area contributed by atoms with Crippen LogP contribution in [-0.4, -0.2) is 29.7 Å². The molecule has 1 aromatic heterocycles. The summed E-state index contributed by atoms with van der Waals surface area (Å²) in [6.07, 6.45) is 1.91. The van der Waals surface area contributed by atoms with E-state index in [0.717, 1.165) is 24.3 Å². The third-order valence-electron chi connectivity index (χ3n) is 4.00. The van der Waals surface area contributed by atoms with Gasteiger partial charge in [-0.25, -0.2) is 4.98 Å². The predicted molar refractivity (Wildman–Crippen MR) is 103 cm³/mol. The van der Waals surface area contributed by atoms with Gasteiger partial charge in [0.05, 0.1) is 24.6 Å². The van der Waals surface area contributed by atoms with Gasteiger partial charge in [0.15, 0.2) is 0 Å². The molecule has 0 amide bonds. The first kappa shape index (κ1) is 18.4. The number of rotatable bonds is 8. The molecule has 0 saturated heterocycles. The van der Waals surface area contributed by atoms with Gasteiger partial charge in [-0.2, -0.15) is 0 Å². The predicted octanol–water partition coefficient (Wildman–Crippen LogP) is 3.39. The van der Waals surface area contributed by atoms with Crippen LogP contribution in [0.15, 0.2) is 53.3 Å². The van der Waals surface area contributed by atoms with Gasteiger partial charge in [0, 0.05) is 12.1 Å². The van der Waals surface area contributed by atoms with E-state index in [-0.39, 0.29) is 11.5 Å². The molecule has 2 aromatic carbocycles. The molecule has 7 nitrogen and oxygen atoms in total. The van der Waals surface area contributed by atoms with Gasteiger partial charge in [-0.1, -0.05) is 12.1 Å². The number of para-hydroxylation sites is 1. The van der Waals surface area contributed by atoms with E-state index in [1.165, 1.54) is 7.11 Å². The number of nitrogens with one attached hydrogen (secondary N) is 2. The number of hydrogen-bond acceptors (Lipinski definition) is 6. The zero-order chi connectivity index (χ0) is 19.1. The van der Waals surface area contributed by atoms with E-state index in [1.54, 1.807) is 18.2 Å². The fourth-order valence-corrected chi connectivity index (χ4v) is 2.58. The van der Waals surface area contributed by atoms with Crippen LogP contribution in [0.3, 0.4) is 0 Å². The molecule has 0 bridgehead atoms. The zero-order valence-electron chi connectivity index (χ0n) is 15.0. The molecule has 0 radical (unpaired) electrons. The number of esters is 1. The molecule has 0 fully saturated rings. The quantitative estimate of drug-likeness (QED) is 0.468. The summed E-state index contributed by atoms with van der Waals surface area (Å²) in [4.78, 5) is 30.3. The van der Waals surface area contributed by atoms with Gasteiger partial charge in [-0.05, 0) is 49.2 Å². The first-order valence-electron chi connectivity index (χ1n) is 8.71. The Morgan fingerprint density at radius 1 is 1.11 bits per heavy atom. The second-order valence-corrected chi connectivity index (χ2v) is 5.96. The van der Waals surface area contributed by atoms with Crippen molar-refractivity contribution in [3.8, 4) is 5.75 Å². The highest BCUT2D eigenvalue weighted by Crippen LogP contribution is 2.19. The van der Waals surface area contributed by atoms with Gasteiger partial charge >= 0.3 is 5.97 Å². The molecule has 7 heteroatoms. The van der Waals surface area contributed by atoms with Gasteiger partial charge in [-0.15, -0.1) is 0 Å². The topological polar surface area (TPSA) is 93.3 Å². The first-order chi connectivity index (χ1) is 13.2. The van der Waals surface area contributed by atoms with Crippen LogP contribution < -0.4 is 15.6 Å². The summed E-state index contributed by atoms with van der Waals surface area (Å²) in [6, 6.07) is 14.5. The Morgan fingerprint density at radius 2 is 1.89 bits per heavy atom. The minimum Gasteiger partial charge on any atom is -0.494 e. The first-order valence-corrected chi connectivity index (χ1v) is 8.71. The van der Waals surface area contributed by atoms with E-state index in [1.807, 2.05) is 30.3 Å². The Bertz CT molecular complexity index is 967. The van der Waals surface area contributed by atoms with Crippen LogP contribution in [0.5, 0.6) is 5.75 Å². The molecule has 0 unspecified atom stereocenters. The molecule has 0 aliphatic carbocycles. The van der Waals surface area contributed by atoms with Gasteiger partial charge in [0.25, 0.3) is 5.56 Å². The Morgan fingerprint density at radius 3 is 2.67 bits per heavy atom. The number of ether oxygens (including phenoxy) is 2. The minimum atomic E-state index is -0.203. The molecule has 140 valence electrons. The third-order valence-corrected chi connectivity index (χ3v) is 4.00. The number of anilines is 2. The second-order valence-electron chi connectivity index (χ2n) is 5.96. The van der Waals surface area contributed by atoms with Crippen molar-refractivity contribution < 1.29 is 14.3 Å². The lowest BCUT2D eigenvalue weighted by atomic mass is 10.2. The van der Waals surface area contributed by atoms with Crippen LogP contribution >= 0.6 is 0 Å². The van der Waals surface area contributed by atoms with E-state index >= 15 is 0 Å². The maximum atomic E-state index is 12.1. The molecular formula is C20H21N3O4. The Balaban J connectivity index is 1.55. The van der Waals surface area contributed by atoms with Crippen LogP contribution in [0.25, 0.3) is 10.9 Å². The molecule has 0 aliphatic heterocycles. The fraction of sp³-hybridized carbons (Fsp3) is 0.250. The number of nitrogens with zero attached hydrogens (tertiary/aromatic N) is 1. The fourth-order valence-electron chi connectivity index (χ4n) is 2.58. The zero-order valence-corrected chi connectivity index (χ0v) is 15.0. The van der Waals surface area contributed by atoms with E-state index in [2.05, 4.69) is 20.0 Å². The van der Waals surface area contributed by atoms with Gasteiger partial charge in [0.1, 0.15) is 5.75 Å². The van der Waals surface area contributed by atoms with Crippen molar-refractivity contribution in [1.29, 1.82) is 0 Å². The summed E-state index contributed by atoms with van der Waals surface area (Å²) in [6.45, 7) is 0.531. The average molecular weight is 367 g/mol. The molecule has 27 heavy (non-hydrogen) atoms. The summed E-state index contributed by atoms with van der Waals surface area (Å²) in [7, 11) is 1.39. The van der Waals surface area contributed by atoms with Crippen molar-refractivity contribution in [2.45, 2.75) is 19.3 Å². The molecule has 3 rings (SSSR count). The van der Waals surface area contributed by atoms with Gasteiger partial charge < -0.3 is 14.8 Å². The molecule has 1 heterocycles. The molecule has 3 aromatic rings. The summed E-state index contributed by atoms with van der Waals surface area (Å²) in [5.41, 5.74) is 1.23. The molecule has 0 aliphatic rings.